The summed E-state index contributed by atoms with van der Waals surface area (Å²) in [6.45, 7) is 3.20. The van der Waals surface area contributed by atoms with Crippen molar-refractivity contribution in [2.45, 2.75) is 6.43 Å². The van der Waals surface area contributed by atoms with Crippen LogP contribution < -0.4 is 5.32 Å². The molecule has 5 heteroatoms. The largest absolute Gasteiger partial charge is 0.323 e. The molecule has 0 radical (unpaired) electrons. The third-order valence-electron chi connectivity index (χ3n) is 1.68. The van der Waals surface area contributed by atoms with Crippen LogP contribution >= 0.6 is 0 Å². The van der Waals surface area contributed by atoms with Crippen molar-refractivity contribution in [1.29, 1.82) is 0 Å². The highest BCUT2D eigenvalue weighted by atomic mass is 19.3. The van der Waals surface area contributed by atoms with E-state index in [0.29, 0.717) is 0 Å². The lowest BCUT2D eigenvalue weighted by Gasteiger charge is -2.06. The lowest BCUT2D eigenvalue weighted by atomic mass is 10.2. The van der Waals surface area contributed by atoms with E-state index in [9.17, 15) is 18.0 Å². The zero-order valence-electron chi connectivity index (χ0n) is 7.64. The Morgan fingerprint density at radius 1 is 1.47 bits per heavy atom. The normalized spacial score (nSPS) is 10.1. The minimum absolute atomic E-state index is 0.108. The quantitative estimate of drug-likeness (QED) is 0.771. The first-order valence-electron chi connectivity index (χ1n) is 4.05. The third kappa shape index (κ3) is 2.83. The van der Waals surface area contributed by atoms with Gasteiger partial charge in [-0.15, -0.1) is 0 Å². The summed E-state index contributed by atoms with van der Waals surface area (Å²) in [5.74, 6) is -1.54. The second-order valence-electron chi connectivity index (χ2n) is 2.73. The van der Waals surface area contributed by atoms with E-state index < -0.39 is 23.7 Å². The molecule has 80 valence electrons. The second kappa shape index (κ2) is 4.63. The molecule has 0 spiro atoms. The molecule has 0 bridgehead atoms. The van der Waals surface area contributed by atoms with Crippen LogP contribution in [0.25, 0.3) is 0 Å². The van der Waals surface area contributed by atoms with E-state index in [0.717, 1.165) is 18.2 Å². The summed E-state index contributed by atoms with van der Waals surface area (Å²) in [5.41, 5.74) is -0.631. The lowest BCUT2D eigenvalue weighted by Crippen LogP contribution is -2.07. The van der Waals surface area contributed by atoms with Crippen molar-refractivity contribution in [3.05, 3.63) is 42.2 Å². The number of carbonyl (C=O) groups is 1. The average molecular weight is 215 g/mol. The number of carbonyl (C=O) groups excluding carboxylic acids is 1. The molecule has 1 amide bonds. The Kier molecular flexibility index (Phi) is 3.49. The van der Waals surface area contributed by atoms with Crippen molar-refractivity contribution in [1.82, 2.24) is 0 Å². The average Bonchev–Trinajstić information content (AvgIpc) is 2.20. The number of hydrogen-bond acceptors (Lipinski definition) is 1. The molecule has 0 unspecified atom stereocenters. The molecular weight excluding hydrogens is 207 g/mol. The maximum atomic E-state index is 12.8. The van der Waals surface area contributed by atoms with Crippen LogP contribution in [0.5, 0.6) is 0 Å². The zero-order chi connectivity index (χ0) is 11.4. The van der Waals surface area contributed by atoms with Gasteiger partial charge in [-0.25, -0.2) is 13.2 Å². The van der Waals surface area contributed by atoms with E-state index in [4.69, 9.17) is 0 Å². The predicted molar refractivity (Wildman–Crippen MR) is 50.2 cm³/mol. The van der Waals surface area contributed by atoms with E-state index in [2.05, 4.69) is 11.9 Å². The highest BCUT2D eigenvalue weighted by molar-refractivity contribution is 5.98. The molecule has 1 aromatic carbocycles. The Morgan fingerprint density at radius 2 is 2.13 bits per heavy atom. The van der Waals surface area contributed by atoms with Crippen molar-refractivity contribution < 1.29 is 18.0 Å². The number of amides is 1. The molecular formula is C10H8F3NO. The third-order valence-corrected chi connectivity index (χ3v) is 1.68. The van der Waals surface area contributed by atoms with Crippen molar-refractivity contribution >= 4 is 11.6 Å². The molecule has 1 rings (SSSR count). The number of alkyl halides is 2. The van der Waals surface area contributed by atoms with Gasteiger partial charge in [0.15, 0.2) is 0 Å². The fourth-order valence-electron chi connectivity index (χ4n) is 0.982. The highest BCUT2D eigenvalue weighted by Crippen LogP contribution is 2.24. The number of anilines is 1. The summed E-state index contributed by atoms with van der Waals surface area (Å²) in [4.78, 5) is 10.8. The Hall–Kier alpha value is -1.78. The van der Waals surface area contributed by atoms with E-state index in [1.54, 1.807) is 0 Å². The SMILES string of the molecule is C=CC(=O)Nc1ccc(F)c(C(F)F)c1. The van der Waals surface area contributed by atoms with Gasteiger partial charge < -0.3 is 5.32 Å². The highest BCUT2D eigenvalue weighted by Gasteiger charge is 2.13. The minimum atomic E-state index is -2.91. The molecule has 2 nitrogen and oxygen atoms in total. The first kappa shape index (κ1) is 11.3. The first-order valence-corrected chi connectivity index (χ1v) is 4.05. The van der Waals surface area contributed by atoms with Crippen LogP contribution in [0.15, 0.2) is 30.9 Å². The van der Waals surface area contributed by atoms with Crippen molar-refractivity contribution in [2.24, 2.45) is 0 Å². The Morgan fingerprint density at radius 3 is 2.67 bits per heavy atom. The Balaban J connectivity index is 2.97. The summed E-state index contributed by atoms with van der Waals surface area (Å²) >= 11 is 0. The predicted octanol–water partition coefficient (Wildman–Crippen LogP) is 2.89. The van der Waals surface area contributed by atoms with Gasteiger partial charge in [-0.1, -0.05) is 6.58 Å². The van der Waals surface area contributed by atoms with Gasteiger partial charge in [-0.05, 0) is 24.3 Å². The van der Waals surface area contributed by atoms with Gasteiger partial charge in [0.2, 0.25) is 5.91 Å². The summed E-state index contributed by atoms with van der Waals surface area (Å²) < 4.78 is 37.3. The molecule has 0 saturated heterocycles. The Labute approximate surface area is 84.4 Å². The van der Waals surface area contributed by atoms with Crippen LogP contribution in [0.1, 0.15) is 12.0 Å². The van der Waals surface area contributed by atoms with Crippen molar-refractivity contribution in [3.8, 4) is 0 Å². The van der Waals surface area contributed by atoms with E-state index in [-0.39, 0.29) is 5.69 Å². The summed E-state index contributed by atoms with van der Waals surface area (Å²) in [7, 11) is 0. The smallest absolute Gasteiger partial charge is 0.266 e. The van der Waals surface area contributed by atoms with Crippen LogP contribution in [0.3, 0.4) is 0 Å². The van der Waals surface area contributed by atoms with Crippen molar-refractivity contribution in [3.63, 3.8) is 0 Å². The standard InChI is InChI=1S/C10H8F3NO/c1-2-9(15)14-6-3-4-8(11)7(5-6)10(12)13/h2-5,10H,1H2,(H,14,15). The van der Waals surface area contributed by atoms with Gasteiger partial charge >= 0.3 is 0 Å². The zero-order valence-corrected chi connectivity index (χ0v) is 7.64. The molecule has 0 aliphatic rings. The second-order valence-corrected chi connectivity index (χ2v) is 2.73. The van der Waals surface area contributed by atoms with E-state index in [1.807, 2.05) is 0 Å². The number of halogens is 3. The van der Waals surface area contributed by atoms with Crippen molar-refractivity contribution in [2.75, 3.05) is 5.32 Å². The van der Waals surface area contributed by atoms with Gasteiger partial charge in [-0.2, -0.15) is 0 Å². The van der Waals surface area contributed by atoms with Gasteiger partial charge in [0.05, 0.1) is 5.56 Å². The van der Waals surface area contributed by atoms with Gasteiger partial charge in [0.25, 0.3) is 6.43 Å². The molecule has 0 aromatic heterocycles. The van der Waals surface area contributed by atoms with Crippen LogP contribution in [-0.4, -0.2) is 5.91 Å². The molecule has 0 saturated carbocycles. The fraction of sp³-hybridized carbons (Fsp3) is 0.100. The number of rotatable bonds is 3. The maximum absolute atomic E-state index is 12.8. The molecule has 0 aliphatic carbocycles. The summed E-state index contributed by atoms with van der Waals surface area (Å²) in [6.07, 6.45) is -1.92. The van der Waals surface area contributed by atoms with E-state index in [1.165, 1.54) is 6.07 Å². The van der Waals surface area contributed by atoms with Gasteiger partial charge in [0.1, 0.15) is 5.82 Å². The summed E-state index contributed by atoms with van der Waals surface area (Å²) in [6, 6.07) is 2.96. The molecule has 1 N–H and O–H groups in total. The van der Waals surface area contributed by atoms with E-state index >= 15 is 0 Å². The summed E-state index contributed by atoms with van der Waals surface area (Å²) in [5, 5.41) is 2.26. The molecule has 15 heavy (non-hydrogen) atoms. The van der Waals surface area contributed by atoms with Gasteiger partial charge in [-0.3, -0.25) is 4.79 Å². The molecule has 0 fully saturated rings. The van der Waals surface area contributed by atoms with Gasteiger partial charge in [0, 0.05) is 5.69 Å². The number of benzene rings is 1. The molecule has 1 aromatic rings. The number of nitrogens with one attached hydrogen (secondary N) is 1. The molecule has 0 atom stereocenters. The van der Waals surface area contributed by atoms with Crippen LogP contribution in [0.2, 0.25) is 0 Å². The maximum Gasteiger partial charge on any atom is 0.266 e. The van der Waals surface area contributed by atoms with Crippen LogP contribution in [0.4, 0.5) is 18.9 Å². The minimum Gasteiger partial charge on any atom is -0.323 e. The number of hydrogen-bond donors (Lipinski definition) is 1. The monoisotopic (exact) mass is 215 g/mol. The Bertz CT molecular complexity index is 390. The van der Waals surface area contributed by atoms with Crippen LogP contribution in [-0.2, 0) is 4.79 Å². The molecule has 0 aliphatic heterocycles. The lowest BCUT2D eigenvalue weighted by molar-refractivity contribution is -0.111. The van der Waals surface area contributed by atoms with Crippen LogP contribution in [0, 0.1) is 5.82 Å². The molecule has 0 heterocycles. The first-order chi connectivity index (χ1) is 7.04. The topological polar surface area (TPSA) is 29.1 Å². The fourth-order valence-corrected chi connectivity index (χ4v) is 0.982.